The van der Waals surface area contributed by atoms with E-state index in [9.17, 15) is 9.59 Å². The van der Waals surface area contributed by atoms with Crippen molar-refractivity contribution in [2.75, 3.05) is 13.5 Å². The maximum Gasteiger partial charge on any atom is 0.327 e. The first-order valence-electron chi connectivity index (χ1n) is 2.91. The van der Waals surface area contributed by atoms with Crippen molar-refractivity contribution in [3.63, 3.8) is 0 Å². The normalized spacial score (nSPS) is 9.00. The summed E-state index contributed by atoms with van der Waals surface area (Å²) in [5, 5.41) is 18.6. The predicted octanol–water partition coefficient (Wildman–Crippen LogP) is -1.56. The molecule has 0 bridgehead atoms. The van der Waals surface area contributed by atoms with E-state index in [4.69, 9.17) is 10.2 Å². The zero-order valence-electron chi connectivity index (χ0n) is 6.07. The van der Waals surface area contributed by atoms with E-state index in [0.717, 1.165) is 6.92 Å². The molecule has 0 aliphatic rings. The van der Waals surface area contributed by atoms with Crippen LogP contribution < -0.4 is 5.32 Å². The monoisotopic (exact) mass is 162 g/mol. The third-order valence-corrected chi connectivity index (χ3v) is 0.997. The molecule has 0 aromatic rings. The van der Waals surface area contributed by atoms with Crippen LogP contribution in [0.2, 0.25) is 0 Å². The third kappa shape index (κ3) is 2.96. The van der Waals surface area contributed by atoms with Gasteiger partial charge in [-0.3, -0.25) is 4.79 Å². The molecule has 0 aromatic carbocycles. The molecule has 0 saturated carbocycles. The maximum absolute atomic E-state index is 10.7. The highest BCUT2D eigenvalue weighted by Crippen LogP contribution is 1.87. The molecular formula is C5H10N2O4. The average Bonchev–Trinajstić information content (AvgIpc) is 1.88. The lowest BCUT2D eigenvalue weighted by molar-refractivity contribution is -0.128. The van der Waals surface area contributed by atoms with Gasteiger partial charge in [-0.05, 0) is 0 Å². The van der Waals surface area contributed by atoms with Crippen molar-refractivity contribution in [3.05, 3.63) is 0 Å². The molecule has 0 aliphatic heterocycles. The summed E-state index contributed by atoms with van der Waals surface area (Å²) in [6, 6.07) is -0.817. The summed E-state index contributed by atoms with van der Waals surface area (Å²) in [6.45, 7) is -0.128. The molecule has 0 atom stereocenters. The lowest BCUT2D eigenvalue weighted by Crippen LogP contribution is -2.43. The molecule has 64 valence electrons. The standard InChI is InChI=1S/C5H10N2O4/c1-4(10)7(3-9)5(11)6-2-8/h8-9H,2-3H2,1H3,(H,6,11). The highest BCUT2D eigenvalue weighted by atomic mass is 16.3. The second-order valence-electron chi connectivity index (χ2n) is 1.73. The zero-order valence-corrected chi connectivity index (χ0v) is 6.07. The number of hydrogen-bond donors (Lipinski definition) is 3. The molecule has 6 heteroatoms. The Labute approximate surface area is 63.4 Å². The summed E-state index contributed by atoms with van der Waals surface area (Å²) in [5.74, 6) is -0.585. The SMILES string of the molecule is CC(=O)N(CO)C(=O)NCO. The Kier molecular flexibility index (Phi) is 4.16. The zero-order chi connectivity index (χ0) is 8.85. The van der Waals surface area contributed by atoms with Crippen LogP contribution in [-0.2, 0) is 4.79 Å². The van der Waals surface area contributed by atoms with E-state index >= 15 is 0 Å². The topological polar surface area (TPSA) is 89.9 Å². The first-order valence-corrected chi connectivity index (χ1v) is 2.91. The van der Waals surface area contributed by atoms with Crippen LogP contribution in [0.25, 0.3) is 0 Å². The second kappa shape index (κ2) is 4.64. The number of hydrogen-bond acceptors (Lipinski definition) is 4. The van der Waals surface area contributed by atoms with Crippen LogP contribution in [0.3, 0.4) is 0 Å². The number of aliphatic hydroxyl groups excluding tert-OH is 2. The number of amides is 3. The minimum absolute atomic E-state index is 0.552. The van der Waals surface area contributed by atoms with Gasteiger partial charge in [-0.15, -0.1) is 0 Å². The Morgan fingerprint density at radius 3 is 2.27 bits per heavy atom. The van der Waals surface area contributed by atoms with Gasteiger partial charge < -0.3 is 15.5 Å². The minimum Gasteiger partial charge on any atom is -0.376 e. The number of nitrogens with one attached hydrogen (secondary N) is 1. The Hall–Kier alpha value is -1.14. The molecule has 11 heavy (non-hydrogen) atoms. The van der Waals surface area contributed by atoms with Crippen LogP contribution in [0, 0.1) is 0 Å². The fourth-order valence-electron chi connectivity index (χ4n) is 0.470. The fourth-order valence-corrected chi connectivity index (χ4v) is 0.470. The van der Waals surface area contributed by atoms with Gasteiger partial charge in [-0.25, -0.2) is 9.69 Å². The van der Waals surface area contributed by atoms with E-state index < -0.39 is 25.4 Å². The highest BCUT2D eigenvalue weighted by Gasteiger charge is 2.14. The maximum atomic E-state index is 10.7. The fraction of sp³-hybridized carbons (Fsp3) is 0.600. The Balaban J connectivity index is 4.03. The van der Waals surface area contributed by atoms with Gasteiger partial charge in [0.05, 0.1) is 0 Å². The molecule has 0 unspecified atom stereocenters. The third-order valence-electron chi connectivity index (χ3n) is 0.997. The molecule has 6 nitrogen and oxygen atoms in total. The van der Waals surface area contributed by atoms with Gasteiger partial charge in [0.15, 0.2) is 0 Å². The number of imide groups is 1. The van der Waals surface area contributed by atoms with Gasteiger partial charge >= 0.3 is 6.03 Å². The number of aliphatic hydroxyl groups is 2. The van der Waals surface area contributed by atoms with Crippen LogP contribution in [0.1, 0.15) is 6.92 Å². The van der Waals surface area contributed by atoms with Gasteiger partial charge in [-0.2, -0.15) is 0 Å². The summed E-state index contributed by atoms with van der Waals surface area (Å²) in [6.07, 6.45) is 0. The van der Waals surface area contributed by atoms with E-state index in [1.54, 1.807) is 0 Å². The van der Waals surface area contributed by atoms with Crippen molar-refractivity contribution in [2.24, 2.45) is 0 Å². The molecule has 0 radical (unpaired) electrons. The minimum atomic E-state index is -0.817. The molecule has 0 saturated heterocycles. The average molecular weight is 162 g/mol. The smallest absolute Gasteiger partial charge is 0.327 e. The summed E-state index contributed by atoms with van der Waals surface area (Å²) < 4.78 is 0. The molecular weight excluding hydrogens is 152 g/mol. The molecule has 0 spiro atoms. The first kappa shape index (κ1) is 9.86. The summed E-state index contributed by atoms with van der Waals surface area (Å²) in [4.78, 5) is 21.8. The van der Waals surface area contributed by atoms with E-state index in [2.05, 4.69) is 0 Å². The van der Waals surface area contributed by atoms with Crippen LogP contribution in [0.5, 0.6) is 0 Å². The van der Waals surface area contributed by atoms with Crippen molar-refractivity contribution in [1.29, 1.82) is 0 Å². The Bertz CT molecular complexity index is 159. The van der Waals surface area contributed by atoms with Crippen molar-refractivity contribution >= 4 is 11.9 Å². The second-order valence-corrected chi connectivity index (χ2v) is 1.73. The van der Waals surface area contributed by atoms with Crippen LogP contribution in [0.4, 0.5) is 4.79 Å². The Morgan fingerprint density at radius 2 is 2.00 bits per heavy atom. The summed E-state index contributed by atoms with van der Waals surface area (Å²) in [7, 11) is 0. The van der Waals surface area contributed by atoms with Gasteiger partial charge in [0, 0.05) is 6.92 Å². The van der Waals surface area contributed by atoms with Gasteiger partial charge in [0.25, 0.3) is 0 Å². The molecule has 3 amide bonds. The molecule has 0 aliphatic carbocycles. The Morgan fingerprint density at radius 1 is 1.45 bits per heavy atom. The highest BCUT2D eigenvalue weighted by molar-refractivity contribution is 5.92. The van der Waals surface area contributed by atoms with E-state index in [0.29, 0.717) is 4.90 Å². The van der Waals surface area contributed by atoms with Gasteiger partial charge in [0.1, 0.15) is 13.5 Å². The number of carbonyl (C=O) groups is 2. The van der Waals surface area contributed by atoms with Crippen LogP contribution >= 0.6 is 0 Å². The van der Waals surface area contributed by atoms with Crippen molar-refractivity contribution in [1.82, 2.24) is 10.2 Å². The summed E-state index contributed by atoms with van der Waals surface area (Å²) in [5.41, 5.74) is 0. The molecule has 0 fully saturated rings. The van der Waals surface area contributed by atoms with Crippen LogP contribution in [-0.4, -0.2) is 40.5 Å². The molecule has 0 aromatic heterocycles. The molecule has 0 heterocycles. The molecule has 3 N–H and O–H groups in total. The van der Waals surface area contributed by atoms with Gasteiger partial charge in [0.2, 0.25) is 5.91 Å². The lowest BCUT2D eigenvalue weighted by atomic mass is 10.6. The predicted molar refractivity (Wildman–Crippen MR) is 35.2 cm³/mol. The quantitative estimate of drug-likeness (QED) is 0.428. The van der Waals surface area contributed by atoms with Crippen molar-refractivity contribution < 1.29 is 19.8 Å². The number of carbonyl (C=O) groups excluding carboxylic acids is 2. The number of rotatable bonds is 2. The largest absolute Gasteiger partial charge is 0.376 e. The number of urea groups is 1. The molecule has 0 rings (SSSR count). The van der Waals surface area contributed by atoms with Crippen molar-refractivity contribution in [3.8, 4) is 0 Å². The van der Waals surface area contributed by atoms with E-state index in [1.165, 1.54) is 0 Å². The van der Waals surface area contributed by atoms with Crippen LogP contribution in [0.15, 0.2) is 0 Å². The van der Waals surface area contributed by atoms with Gasteiger partial charge in [-0.1, -0.05) is 0 Å². The first-order chi connectivity index (χ1) is 5.13. The van der Waals surface area contributed by atoms with E-state index in [-0.39, 0.29) is 0 Å². The number of nitrogens with zero attached hydrogens (tertiary/aromatic N) is 1. The lowest BCUT2D eigenvalue weighted by Gasteiger charge is -2.14. The summed E-state index contributed by atoms with van der Waals surface area (Å²) >= 11 is 0. The van der Waals surface area contributed by atoms with Crippen molar-refractivity contribution in [2.45, 2.75) is 6.92 Å². The van der Waals surface area contributed by atoms with E-state index in [1.807, 2.05) is 5.32 Å².